The molecule has 2 aliphatic rings. The van der Waals surface area contributed by atoms with Crippen LogP contribution in [0.2, 0.25) is 0 Å². The van der Waals surface area contributed by atoms with Gasteiger partial charge in [0.15, 0.2) is 0 Å². The van der Waals surface area contributed by atoms with Crippen molar-refractivity contribution >= 4 is 17.9 Å². The van der Waals surface area contributed by atoms with E-state index in [1.165, 1.54) is 41.3 Å². The highest BCUT2D eigenvalue weighted by Gasteiger charge is 2.38. The maximum absolute atomic E-state index is 14.2. The molecule has 10 heteroatoms. The lowest BCUT2D eigenvalue weighted by Gasteiger charge is -2.42. The van der Waals surface area contributed by atoms with Crippen LogP contribution in [-0.2, 0) is 9.53 Å². The average Bonchev–Trinajstić information content (AvgIpc) is 2.86. The van der Waals surface area contributed by atoms with Gasteiger partial charge in [-0.15, -0.1) is 0 Å². The Morgan fingerprint density at radius 1 is 1.11 bits per heavy atom. The molecule has 0 radical (unpaired) electrons. The summed E-state index contributed by atoms with van der Waals surface area (Å²) in [4.78, 5) is 44.0. The first-order chi connectivity index (χ1) is 17.7. The molecule has 2 atom stereocenters. The van der Waals surface area contributed by atoms with Gasteiger partial charge in [-0.2, -0.15) is 0 Å². The van der Waals surface area contributed by atoms with E-state index in [-0.39, 0.29) is 36.2 Å². The second kappa shape index (κ2) is 11.1. The van der Waals surface area contributed by atoms with Gasteiger partial charge in [0.05, 0.1) is 23.8 Å². The summed E-state index contributed by atoms with van der Waals surface area (Å²) in [6.45, 7) is 5.17. The van der Waals surface area contributed by atoms with Crippen molar-refractivity contribution in [1.82, 2.24) is 20.0 Å². The molecule has 3 amide bonds. The number of esters is 1. The molecular weight excluding hydrogens is 482 g/mol. The fourth-order valence-electron chi connectivity index (χ4n) is 4.81. The first kappa shape index (κ1) is 26.3. The molecule has 1 saturated heterocycles. The van der Waals surface area contributed by atoms with Gasteiger partial charge >= 0.3 is 12.0 Å². The van der Waals surface area contributed by atoms with Crippen molar-refractivity contribution in [3.8, 4) is 0 Å². The third-order valence-electron chi connectivity index (χ3n) is 6.70. The van der Waals surface area contributed by atoms with Crippen LogP contribution in [0, 0.1) is 11.6 Å². The van der Waals surface area contributed by atoms with Crippen LogP contribution in [0.25, 0.3) is 0 Å². The molecule has 1 fully saturated rings. The third kappa shape index (κ3) is 5.48. The Morgan fingerprint density at radius 2 is 1.86 bits per heavy atom. The van der Waals surface area contributed by atoms with Gasteiger partial charge in [-0.25, -0.2) is 18.4 Å². The van der Waals surface area contributed by atoms with Crippen molar-refractivity contribution in [1.29, 1.82) is 0 Å². The summed E-state index contributed by atoms with van der Waals surface area (Å²) in [6.07, 6.45) is 0. The molecule has 0 saturated carbocycles. The predicted octanol–water partition coefficient (Wildman–Crippen LogP) is 3.32. The maximum Gasteiger partial charge on any atom is 0.338 e. The number of rotatable bonds is 6. The Kier molecular flexibility index (Phi) is 7.87. The fraction of sp³-hybridized carbons (Fsp3) is 0.370. The van der Waals surface area contributed by atoms with Crippen molar-refractivity contribution in [2.75, 3.05) is 39.8 Å². The van der Waals surface area contributed by atoms with Crippen LogP contribution >= 0.6 is 0 Å². The normalized spacial score (nSPS) is 20.6. The van der Waals surface area contributed by atoms with Gasteiger partial charge in [-0.1, -0.05) is 24.3 Å². The Balaban J connectivity index is 1.61. The van der Waals surface area contributed by atoms with Crippen LogP contribution in [0.1, 0.15) is 35.8 Å². The highest BCUT2D eigenvalue weighted by Crippen LogP contribution is 2.32. The minimum absolute atomic E-state index is 0.0247. The summed E-state index contributed by atoms with van der Waals surface area (Å²) in [6, 6.07) is 10.1. The number of halogens is 2. The van der Waals surface area contributed by atoms with Crippen molar-refractivity contribution in [3.05, 3.63) is 82.6 Å². The van der Waals surface area contributed by atoms with Gasteiger partial charge in [0, 0.05) is 45.0 Å². The summed E-state index contributed by atoms with van der Waals surface area (Å²) in [5, 5.41) is 2.78. The molecule has 2 aromatic rings. The molecule has 0 aromatic heterocycles. The summed E-state index contributed by atoms with van der Waals surface area (Å²) in [5.74, 6) is -2.03. The van der Waals surface area contributed by atoms with E-state index >= 15 is 0 Å². The first-order valence-corrected chi connectivity index (χ1v) is 12.2. The predicted molar refractivity (Wildman–Crippen MR) is 132 cm³/mol. The van der Waals surface area contributed by atoms with Gasteiger partial charge in [-0.05, 0) is 43.7 Å². The Labute approximate surface area is 214 Å². The molecule has 2 heterocycles. The fourth-order valence-corrected chi connectivity index (χ4v) is 4.81. The van der Waals surface area contributed by atoms with Crippen LogP contribution in [-0.4, -0.2) is 78.5 Å². The second-order valence-electron chi connectivity index (χ2n) is 9.14. The number of hydrogen-bond acceptors (Lipinski definition) is 5. The monoisotopic (exact) mass is 512 g/mol. The zero-order valence-electron chi connectivity index (χ0n) is 21.0. The largest absolute Gasteiger partial charge is 0.463 e. The summed E-state index contributed by atoms with van der Waals surface area (Å²) < 4.78 is 33.5. The molecule has 37 heavy (non-hydrogen) atoms. The molecule has 0 spiro atoms. The van der Waals surface area contributed by atoms with Crippen LogP contribution in [0.3, 0.4) is 0 Å². The van der Waals surface area contributed by atoms with E-state index in [0.29, 0.717) is 30.9 Å². The Morgan fingerprint density at radius 3 is 2.54 bits per heavy atom. The van der Waals surface area contributed by atoms with Crippen LogP contribution in [0.4, 0.5) is 13.6 Å². The molecule has 0 bridgehead atoms. The minimum Gasteiger partial charge on any atom is -0.463 e. The summed E-state index contributed by atoms with van der Waals surface area (Å²) in [5.41, 5.74) is 1.12. The van der Waals surface area contributed by atoms with Gasteiger partial charge < -0.3 is 15.0 Å². The number of amides is 3. The molecular formula is C27H30F2N4O4. The lowest BCUT2D eigenvalue weighted by atomic mass is 9.94. The Hall–Kier alpha value is -3.79. The van der Waals surface area contributed by atoms with Gasteiger partial charge in [-0.3, -0.25) is 14.6 Å². The zero-order chi connectivity index (χ0) is 26.7. The van der Waals surface area contributed by atoms with Gasteiger partial charge in [0.1, 0.15) is 11.6 Å². The molecule has 4 rings (SSSR count). The number of urea groups is 1. The number of nitrogens with zero attached hydrogens (tertiary/aromatic N) is 3. The van der Waals surface area contributed by atoms with E-state index in [4.69, 9.17) is 4.74 Å². The van der Waals surface area contributed by atoms with Crippen molar-refractivity contribution in [3.63, 3.8) is 0 Å². The maximum atomic E-state index is 14.2. The number of piperazine rings is 1. The number of hydrogen-bond donors (Lipinski definition) is 1. The van der Waals surface area contributed by atoms with Crippen LogP contribution in [0.15, 0.2) is 59.8 Å². The molecule has 1 N–H and O–H groups in total. The number of likely N-dealkylation sites (N-methyl/N-ethyl adjacent to an activating group) is 1. The van der Waals surface area contributed by atoms with E-state index in [2.05, 4.69) is 5.32 Å². The van der Waals surface area contributed by atoms with E-state index < -0.39 is 29.7 Å². The highest BCUT2D eigenvalue weighted by atomic mass is 19.1. The van der Waals surface area contributed by atoms with Gasteiger partial charge in [0.25, 0.3) is 5.91 Å². The van der Waals surface area contributed by atoms with Crippen LogP contribution < -0.4 is 5.32 Å². The lowest BCUT2D eigenvalue weighted by molar-refractivity contribution is -0.139. The number of carbonyl (C=O) groups excluding carboxylic acids is 3. The molecule has 2 aliphatic heterocycles. The quantitative estimate of drug-likeness (QED) is 0.601. The minimum atomic E-state index is -0.880. The zero-order valence-corrected chi connectivity index (χ0v) is 21.0. The highest BCUT2D eigenvalue weighted by molar-refractivity contribution is 5.95. The SMILES string of the molecule is CCOC(=O)C1=C(CN2CCN(C(=O)c3ccccc3F)[C@@H](C)C2)N(C)C(=O)N[C@H]1c1cccc(F)c1. The van der Waals surface area contributed by atoms with Crippen molar-refractivity contribution in [2.24, 2.45) is 0 Å². The summed E-state index contributed by atoms with van der Waals surface area (Å²) in [7, 11) is 1.56. The van der Waals surface area contributed by atoms with Gasteiger partial charge in [0.2, 0.25) is 0 Å². The molecule has 8 nitrogen and oxygen atoms in total. The first-order valence-electron chi connectivity index (χ1n) is 12.2. The Bertz CT molecular complexity index is 1230. The molecule has 0 unspecified atom stereocenters. The third-order valence-corrected chi connectivity index (χ3v) is 6.70. The summed E-state index contributed by atoms with van der Waals surface area (Å²) >= 11 is 0. The molecule has 196 valence electrons. The number of carbonyl (C=O) groups is 3. The van der Waals surface area contributed by atoms with Crippen molar-refractivity contribution in [2.45, 2.75) is 25.9 Å². The van der Waals surface area contributed by atoms with E-state index in [0.717, 1.165) is 0 Å². The molecule has 0 aliphatic carbocycles. The number of benzene rings is 2. The van der Waals surface area contributed by atoms with E-state index in [1.807, 2.05) is 11.8 Å². The topological polar surface area (TPSA) is 82.2 Å². The number of nitrogens with one attached hydrogen (secondary N) is 1. The molecule has 2 aromatic carbocycles. The van der Waals surface area contributed by atoms with Crippen LogP contribution in [0.5, 0.6) is 0 Å². The van der Waals surface area contributed by atoms with E-state index in [1.54, 1.807) is 31.0 Å². The second-order valence-corrected chi connectivity index (χ2v) is 9.14. The number of ether oxygens (including phenoxy) is 1. The average molecular weight is 513 g/mol. The standard InChI is InChI=1S/C27H30F2N4O4/c1-4-37-26(35)23-22(31(3)27(36)30-24(23)18-8-7-9-19(28)14-18)16-32-12-13-33(17(2)15-32)25(34)20-10-5-6-11-21(20)29/h5-11,14,17,24H,4,12-13,15-16H2,1-3H3,(H,30,36)/t17-,24-/m0/s1. The van der Waals surface area contributed by atoms with Crippen molar-refractivity contribution < 1.29 is 27.9 Å². The smallest absolute Gasteiger partial charge is 0.338 e. The van der Waals surface area contributed by atoms with E-state index in [9.17, 15) is 23.2 Å². The lowest BCUT2D eigenvalue weighted by Crippen LogP contribution is -2.56.